The van der Waals surface area contributed by atoms with E-state index in [0.717, 1.165) is 32.1 Å². The van der Waals surface area contributed by atoms with Crippen LogP contribution in [0.15, 0.2) is 0 Å². The Hall–Kier alpha value is -0.910. The lowest BCUT2D eigenvalue weighted by molar-refractivity contribution is -0.141. The Kier molecular flexibility index (Phi) is 7.19. The molecule has 1 rings (SSSR count). The number of urea groups is 1. The predicted octanol–water partition coefficient (Wildman–Crippen LogP) is 2.90. The van der Waals surface area contributed by atoms with Gasteiger partial charge in [0.15, 0.2) is 0 Å². The van der Waals surface area contributed by atoms with Gasteiger partial charge in [-0.25, -0.2) is 9.59 Å². The van der Waals surface area contributed by atoms with E-state index in [0.29, 0.717) is 5.75 Å². The first-order valence-corrected chi connectivity index (χ1v) is 8.53. The monoisotopic (exact) mass is 302 g/mol. The molecule has 1 fully saturated rings. The van der Waals surface area contributed by atoms with Crippen LogP contribution in [0.2, 0.25) is 0 Å². The molecule has 1 heterocycles. The number of nitrogens with zero attached hydrogens (tertiary/aromatic N) is 1. The smallest absolute Gasteiger partial charge is 0.327 e. The lowest BCUT2D eigenvalue weighted by Gasteiger charge is -2.29. The molecule has 3 atom stereocenters. The van der Waals surface area contributed by atoms with Gasteiger partial charge in [0.2, 0.25) is 0 Å². The van der Waals surface area contributed by atoms with Crippen LogP contribution in [0.5, 0.6) is 0 Å². The van der Waals surface area contributed by atoms with Crippen LogP contribution in [0.1, 0.15) is 52.9 Å². The van der Waals surface area contributed by atoms with Crippen molar-refractivity contribution < 1.29 is 14.7 Å². The Balaban J connectivity index is 2.75. The Morgan fingerprint density at radius 3 is 2.55 bits per heavy atom. The zero-order chi connectivity index (χ0) is 15.1. The Morgan fingerprint density at radius 2 is 2.05 bits per heavy atom. The van der Waals surface area contributed by atoms with Gasteiger partial charge in [0.1, 0.15) is 6.04 Å². The number of carbonyl (C=O) groups excluding carboxylic acids is 1. The molecular weight excluding hydrogens is 276 g/mol. The van der Waals surface area contributed by atoms with Crippen molar-refractivity contribution in [2.75, 3.05) is 5.75 Å². The van der Waals surface area contributed by atoms with E-state index in [1.807, 2.05) is 6.92 Å². The van der Waals surface area contributed by atoms with Crippen LogP contribution in [0.3, 0.4) is 0 Å². The Labute approximate surface area is 125 Å². The van der Waals surface area contributed by atoms with Crippen LogP contribution in [-0.4, -0.2) is 45.2 Å². The number of carbonyl (C=O) groups is 2. The predicted molar refractivity (Wildman–Crippen MR) is 81.9 cm³/mol. The number of nitrogens with one attached hydrogen (secondary N) is 1. The summed E-state index contributed by atoms with van der Waals surface area (Å²) in [4.78, 5) is 25.3. The summed E-state index contributed by atoms with van der Waals surface area (Å²) in [5, 5.41) is 12.3. The fourth-order valence-corrected chi connectivity index (χ4v) is 3.98. The lowest BCUT2D eigenvalue weighted by Crippen LogP contribution is -2.52. The number of amides is 2. The molecule has 1 aliphatic heterocycles. The fraction of sp³-hybridized carbons (Fsp3) is 0.857. The number of hydrogen-bond acceptors (Lipinski definition) is 3. The van der Waals surface area contributed by atoms with E-state index in [1.54, 1.807) is 11.8 Å². The molecule has 0 aromatic carbocycles. The van der Waals surface area contributed by atoms with Gasteiger partial charge in [-0.05, 0) is 19.3 Å². The molecule has 116 valence electrons. The van der Waals surface area contributed by atoms with Gasteiger partial charge in [-0.1, -0.05) is 33.6 Å². The molecule has 1 saturated heterocycles. The quantitative estimate of drug-likeness (QED) is 0.758. The van der Waals surface area contributed by atoms with Crippen molar-refractivity contribution in [2.45, 2.75) is 70.3 Å². The molecule has 0 radical (unpaired) electrons. The first-order chi connectivity index (χ1) is 9.54. The Morgan fingerprint density at radius 1 is 1.35 bits per heavy atom. The highest BCUT2D eigenvalue weighted by molar-refractivity contribution is 8.00. The van der Waals surface area contributed by atoms with Crippen molar-refractivity contribution >= 4 is 23.8 Å². The fourth-order valence-electron chi connectivity index (χ4n) is 2.47. The molecule has 20 heavy (non-hydrogen) atoms. The van der Waals surface area contributed by atoms with Gasteiger partial charge in [0.25, 0.3) is 0 Å². The van der Waals surface area contributed by atoms with Crippen molar-refractivity contribution in [1.82, 2.24) is 10.2 Å². The highest BCUT2D eigenvalue weighted by Gasteiger charge is 2.41. The normalized spacial score (nSPS) is 23.6. The van der Waals surface area contributed by atoms with Gasteiger partial charge >= 0.3 is 12.0 Å². The van der Waals surface area contributed by atoms with E-state index < -0.39 is 12.0 Å². The molecule has 0 saturated carbocycles. The molecule has 5 nitrogen and oxygen atoms in total. The standard InChI is InChI=1S/C14H26N2O3S/c1-4-7-10(6-3)15-14(19)16-11(13(17)18)9-20-12(16)8-5-2/h10-12H,4-9H2,1-3H3,(H,15,19)(H,17,18). The zero-order valence-electron chi connectivity index (χ0n) is 12.6. The number of carboxylic acid groups (broad SMARTS) is 1. The molecule has 3 unspecified atom stereocenters. The maximum Gasteiger partial charge on any atom is 0.327 e. The van der Waals surface area contributed by atoms with Crippen molar-refractivity contribution in [2.24, 2.45) is 0 Å². The minimum Gasteiger partial charge on any atom is -0.480 e. The Bertz CT molecular complexity index is 338. The van der Waals surface area contributed by atoms with Gasteiger partial charge in [0, 0.05) is 11.8 Å². The third kappa shape index (κ3) is 4.30. The number of carboxylic acids is 1. The van der Waals surface area contributed by atoms with E-state index in [-0.39, 0.29) is 17.4 Å². The summed E-state index contributed by atoms with van der Waals surface area (Å²) in [5.41, 5.74) is 0. The van der Waals surface area contributed by atoms with E-state index in [4.69, 9.17) is 0 Å². The largest absolute Gasteiger partial charge is 0.480 e. The van der Waals surface area contributed by atoms with Crippen LogP contribution in [0, 0.1) is 0 Å². The number of rotatable bonds is 7. The first kappa shape index (κ1) is 17.1. The molecule has 2 amide bonds. The van der Waals surface area contributed by atoms with Crippen LogP contribution in [-0.2, 0) is 4.79 Å². The SMILES string of the molecule is CCCC(CC)NC(=O)N1C(CCC)SCC1C(=O)O. The maximum atomic E-state index is 12.4. The van der Waals surface area contributed by atoms with Gasteiger partial charge < -0.3 is 10.4 Å². The molecule has 6 heteroatoms. The zero-order valence-corrected chi connectivity index (χ0v) is 13.4. The molecular formula is C14H26N2O3S. The third-order valence-corrected chi connectivity index (χ3v) is 4.96. The van der Waals surface area contributed by atoms with Crippen LogP contribution >= 0.6 is 11.8 Å². The summed E-state index contributed by atoms with van der Waals surface area (Å²) in [5.74, 6) is -0.423. The first-order valence-electron chi connectivity index (χ1n) is 7.48. The minimum atomic E-state index is -0.908. The minimum absolute atomic E-state index is 0.0137. The van der Waals surface area contributed by atoms with Crippen LogP contribution < -0.4 is 5.32 Å². The molecule has 0 bridgehead atoms. The van der Waals surface area contributed by atoms with Crippen LogP contribution in [0.4, 0.5) is 4.79 Å². The average molecular weight is 302 g/mol. The van der Waals surface area contributed by atoms with Gasteiger partial charge in [-0.15, -0.1) is 11.8 Å². The number of hydrogen-bond donors (Lipinski definition) is 2. The summed E-state index contributed by atoms with van der Waals surface area (Å²) in [7, 11) is 0. The average Bonchev–Trinajstić information content (AvgIpc) is 2.82. The molecule has 2 N–H and O–H groups in total. The summed E-state index contributed by atoms with van der Waals surface area (Å²) in [6, 6.07) is -0.786. The summed E-state index contributed by atoms with van der Waals surface area (Å²) in [6.07, 6.45) is 4.59. The van der Waals surface area contributed by atoms with Gasteiger partial charge in [0.05, 0.1) is 5.37 Å². The van der Waals surface area contributed by atoms with Gasteiger partial charge in [-0.3, -0.25) is 4.90 Å². The van der Waals surface area contributed by atoms with Crippen LogP contribution in [0.25, 0.3) is 0 Å². The highest BCUT2D eigenvalue weighted by Crippen LogP contribution is 2.32. The van der Waals surface area contributed by atoms with Crippen molar-refractivity contribution in [3.63, 3.8) is 0 Å². The third-order valence-electron chi connectivity index (χ3n) is 3.61. The topological polar surface area (TPSA) is 69.6 Å². The second-order valence-electron chi connectivity index (χ2n) is 5.18. The molecule has 0 aromatic heterocycles. The second-order valence-corrected chi connectivity index (χ2v) is 6.39. The number of thioether (sulfide) groups is 1. The molecule has 0 aliphatic carbocycles. The molecule has 0 spiro atoms. The molecule has 1 aliphatic rings. The van der Waals surface area contributed by atoms with Crippen molar-refractivity contribution in [3.8, 4) is 0 Å². The summed E-state index contributed by atoms with van der Waals surface area (Å²) < 4.78 is 0. The van der Waals surface area contributed by atoms with E-state index in [2.05, 4.69) is 19.2 Å². The highest BCUT2D eigenvalue weighted by atomic mass is 32.2. The van der Waals surface area contributed by atoms with E-state index >= 15 is 0 Å². The van der Waals surface area contributed by atoms with E-state index in [9.17, 15) is 14.7 Å². The second kappa shape index (κ2) is 8.39. The van der Waals surface area contributed by atoms with Crippen molar-refractivity contribution in [3.05, 3.63) is 0 Å². The summed E-state index contributed by atoms with van der Waals surface area (Å²) >= 11 is 1.57. The van der Waals surface area contributed by atoms with Crippen molar-refractivity contribution in [1.29, 1.82) is 0 Å². The maximum absolute atomic E-state index is 12.4. The van der Waals surface area contributed by atoms with E-state index in [1.165, 1.54) is 4.90 Å². The lowest BCUT2D eigenvalue weighted by atomic mass is 10.1. The molecule has 0 aromatic rings. The van der Waals surface area contributed by atoms with Gasteiger partial charge in [-0.2, -0.15) is 0 Å². The number of aliphatic carboxylic acids is 1. The summed E-state index contributed by atoms with van der Waals surface area (Å²) in [6.45, 7) is 6.18.